The van der Waals surface area contributed by atoms with Crippen LogP contribution < -0.4 is 16.0 Å². The van der Waals surface area contributed by atoms with Crippen molar-refractivity contribution in [2.45, 2.75) is 32.4 Å². The molecule has 20 heavy (non-hydrogen) atoms. The molecule has 1 unspecified atom stereocenters. The van der Waals surface area contributed by atoms with Gasteiger partial charge in [-0.15, -0.1) is 0 Å². The quantitative estimate of drug-likeness (QED) is 0.776. The number of carbonyl (C=O) groups excluding carboxylic acids is 2. The number of amides is 3. The lowest BCUT2D eigenvalue weighted by Crippen LogP contribution is -2.44. The Morgan fingerprint density at radius 3 is 2.75 bits per heavy atom. The molecule has 0 saturated carbocycles. The van der Waals surface area contributed by atoms with Gasteiger partial charge in [0.15, 0.2) is 0 Å². The van der Waals surface area contributed by atoms with Gasteiger partial charge in [0.05, 0.1) is 6.04 Å². The van der Waals surface area contributed by atoms with E-state index in [0.29, 0.717) is 0 Å². The Morgan fingerprint density at radius 2 is 2.05 bits per heavy atom. The molecule has 0 aromatic heterocycles. The molecule has 1 aliphatic rings. The SMILES string of the molecule is CC(C)(C)OC(=O)NCC1NC(=O)Nc2ccccc21. The number of anilines is 1. The molecule has 3 amide bonds. The molecule has 1 aliphatic heterocycles. The molecule has 1 atom stereocenters. The van der Waals surface area contributed by atoms with Gasteiger partial charge in [-0.25, -0.2) is 9.59 Å². The topological polar surface area (TPSA) is 79.5 Å². The van der Waals surface area contributed by atoms with E-state index in [1.807, 2.05) is 24.3 Å². The first-order valence-electron chi connectivity index (χ1n) is 6.48. The summed E-state index contributed by atoms with van der Waals surface area (Å²) < 4.78 is 5.17. The smallest absolute Gasteiger partial charge is 0.407 e. The molecule has 0 radical (unpaired) electrons. The third-order valence-electron chi connectivity index (χ3n) is 2.74. The van der Waals surface area contributed by atoms with Gasteiger partial charge >= 0.3 is 12.1 Å². The van der Waals surface area contributed by atoms with Gasteiger partial charge in [-0.2, -0.15) is 0 Å². The van der Waals surface area contributed by atoms with Crippen molar-refractivity contribution in [1.82, 2.24) is 10.6 Å². The van der Waals surface area contributed by atoms with E-state index in [1.54, 1.807) is 20.8 Å². The van der Waals surface area contributed by atoms with Crippen molar-refractivity contribution in [3.8, 4) is 0 Å². The third kappa shape index (κ3) is 3.63. The van der Waals surface area contributed by atoms with Crippen molar-refractivity contribution in [2.24, 2.45) is 0 Å². The van der Waals surface area contributed by atoms with E-state index in [2.05, 4.69) is 16.0 Å². The number of nitrogens with one attached hydrogen (secondary N) is 3. The Labute approximate surface area is 117 Å². The number of benzene rings is 1. The van der Waals surface area contributed by atoms with E-state index < -0.39 is 11.7 Å². The normalized spacial score (nSPS) is 17.6. The maximum absolute atomic E-state index is 11.6. The van der Waals surface area contributed by atoms with E-state index in [4.69, 9.17) is 4.74 Å². The molecule has 6 heteroatoms. The second kappa shape index (κ2) is 5.40. The molecule has 108 valence electrons. The van der Waals surface area contributed by atoms with E-state index in [9.17, 15) is 9.59 Å². The standard InChI is InChI=1S/C14H19N3O3/c1-14(2,3)20-13(19)15-8-11-9-6-4-5-7-10(9)16-12(18)17-11/h4-7,11H,8H2,1-3H3,(H,15,19)(H2,16,17,18). The third-order valence-corrected chi connectivity index (χ3v) is 2.74. The summed E-state index contributed by atoms with van der Waals surface area (Å²) in [5.41, 5.74) is 1.15. The van der Waals surface area contributed by atoms with Crippen molar-refractivity contribution in [1.29, 1.82) is 0 Å². The van der Waals surface area contributed by atoms with Gasteiger partial charge in [-0.1, -0.05) is 18.2 Å². The average Bonchev–Trinajstić information content (AvgIpc) is 2.33. The van der Waals surface area contributed by atoms with Gasteiger partial charge < -0.3 is 20.7 Å². The fraction of sp³-hybridized carbons (Fsp3) is 0.429. The zero-order valence-electron chi connectivity index (χ0n) is 11.8. The van der Waals surface area contributed by atoms with E-state index in [0.717, 1.165) is 11.3 Å². The Hall–Kier alpha value is -2.24. The maximum Gasteiger partial charge on any atom is 0.407 e. The van der Waals surface area contributed by atoms with Crippen LogP contribution in [0.3, 0.4) is 0 Å². The second-order valence-corrected chi connectivity index (χ2v) is 5.62. The number of ether oxygens (including phenoxy) is 1. The van der Waals surface area contributed by atoms with Crippen LogP contribution in [0, 0.1) is 0 Å². The lowest BCUT2D eigenvalue weighted by molar-refractivity contribution is 0.0522. The summed E-state index contributed by atoms with van der Waals surface area (Å²) in [4.78, 5) is 23.2. The van der Waals surface area contributed by atoms with Crippen LogP contribution in [0.1, 0.15) is 32.4 Å². The lowest BCUT2D eigenvalue weighted by Gasteiger charge is -2.28. The van der Waals surface area contributed by atoms with E-state index >= 15 is 0 Å². The highest BCUT2D eigenvalue weighted by Crippen LogP contribution is 2.25. The molecule has 6 nitrogen and oxygen atoms in total. The number of carbonyl (C=O) groups is 2. The van der Waals surface area contributed by atoms with Crippen LogP contribution in [0.5, 0.6) is 0 Å². The second-order valence-electron chi connectivity index (χ2n) is 5.62. The summed E-state index contributed by atoms with van der Waals surface area (Å²) in [7, 11) is 0. The van der Waals surface area contributed by atoms with Crippen molar-refractivity contribution in [3.05, 3.63) is 29.8 Å². The first-order chi connectivity index (χ1) is 9.35. The van der Waals surface area contributed by atoms with Crippen molar-refractivity contribution in [2.75, 3.05) is 11.9 Å². The van der Waals surface area contributed by atoms with Gasteiger partial charge in [0, 0.05) is 12.2 Å². The molecule has 0 aliphatic carbocycles. The molecule has 3 N–H and O–H groups in total. The lowest BCUT2D eigenvalue weighted by atomic mass is 10.0. The number of fused-ring (bicyclic) bond motifs is 1. The van der Waals surface area contributed by atoms with Crippen molar-refractivity contribution in [3.63, 3.8) is 0 Å². The van der Waals surface area contributed by atoms with Gasteiger partial charge in [-0.05, 0) is 32.4 Å². The van der Waals surface area contributed by atoms with E-state index in [-0.39, 0.29) is 18.6 Å². The van der Waals surface area contributed by atoms with Gasteiger partial charge in [0.2, 0.25) is 0 Å². The fourth-order valence-electron chi connectivity index (χ4n) is 1.97. The average molecular weight is 277 g/mol. The molecule has 1 aromatic rings. The Bertz CT molecular complexity index is 523. The van der Waals surface area contributed by atoms with Crippen LogP contribution in [0.4, 0.5) is 15.3 Å². The maximum atomic E-state index is 11.6. The van der Waals surface area contributed by atoms with E-state index in [1.165, 1.54) is 0 Å². The predicted octanol–water partition coefficient (Wildman–Crippen LogP) is 2.39. The van der Waals surface area contributed by atoms with Gasteiger partial charge in [0.1, 0.15) is 5.60 Å². The van der Waals surface area contributed by atoms with Gasteiger partial charge in [-0.3, -0.25) is 0 Å². The van der Waals surface area contributed by atoms with Crippen molar-refractivity contribution >= 4 is 17.8 Å². The fourth-order valence-corrected chi connectivity index (χ4v) is 1.97. The Morgan fingerprint density at radius 1 is 1.35 bits per heavy atom. The number of urea groups is 1. The Kier molecular flexibility index (Phi) is 3.83. The van der Waals surface area contributed by atoms with Crippen LogP contribution in [0.25, 0.3) is 0 Å². The molecule has 1 aromatic carbocycles. The van der Waals surface area contributed by atoms with Crippen LogP contribution in [-0.2, 0) is 4.74 Å². The molecule has 2 rings (SSSR count). The van der Waals surface area contributed by atoms with Gasteiger partial charge in [0.25, 0.3) is 0 Å². The molecular weight excluding hydrogens is 258 g/mol. The molecule has 0 bridgehead atoms. The predicted molar refractivity (Wildman–Crippen MR) is 75.6 cm³/mol. The number of rotatable bonds is 2. The Balaban J connectivity index is 2.00. The molecule has 0 spiro atoms. The molecule has 0 fully saturated rings. The summed E-state index contributed by atoms with van der Waals surface area (Å²) in [6.07, 6.45) is -0.497. The summed E-state index contributed by atoms with van der Waals surface area (Å²) in [5, 5.41) is 8.16. The summed E-state index contributed by atoms with van der Waals surface area (Å²) in [6, 6.07) is 6.92. The van der Waals surface area contributed by atoms with Crippen LogP contribution >= 0.6 is 0 Å². The van der Waals surface area contributed by atoms with Crippen molar-refractivity contribution < 1.29 is 14.3 Å². The minimum absolute atomic E-state index is 0.271. The number of hydrogen-bond acceptors (Lipinski definition) is 3. The summed E-state index contributed by atoms with van der Waals surface area (Å²) in [6.45, 7) is 5.68. The first kappa shape index (κ1) is 14.2. The number of para-hydroxylation sites is 1. The van der Waals surface area contributed by atoms with Crippen LogP contribution in [0.2, 0.25) is 0 Å². The molecule has 0 saturated heterocycles. The minimum Gasteiger partial charge on any atom is -0.444 e. The monoisotopic (exact) mass is 277 g/mol. The zero-order valence-corrected chi connectivity index (χ0v) is 11.8. The first-order valence-corrected chi connectivity index (χ1v) is 6.48. The summed E-state index contributed by atoms with van der Waals surface area (Å²) >= 11 is 0. The van der Waals surface area contributed by atoms with Crippen LogP contribution in [-0.4, -0.2) is 24.3 Å². The minimum atomic E-state index is -0.542. The zero-order chi connectivity index (χ0) is 14.8. The summed E-state index contributed by atoms with van der Waals surface area (Å²) in [5.74, 6) is 0. The highest BCUT2D eigenvalue weighted by atomic mass is 16.6. The highest BCUT2D eigenvalue weighted by molar-refractivity contribution is 5.93. The number of hydrogen-bond donors (Lipinski definition) is 3. The highest BCUT2D eigenvalue weighted by Gasteiger charge is 2.24. The molecular formula is C14H19N3O3. The van der Waals surface area contributed by atoms with Crippen LogP contribution in [0.15, 0.2) is 24.3 Å². The number of alkyl carbamates (subject to hydrolysis) is 1. The molecule has 1 heterocycles. The largest absolute Gasteiger partial charge is 0.444 e.